The molecule has 0 atom stereocenters. The van der Waals surface area contributed by atoms with Crippen molar-refractivity contribution in [1.82, 2.24) is 4.98 Å². The maximum Gasteiger partial charge on any atom is 0.417 e. The van der Waals surface area contributed by atoms with E-state index in [4.69, 9.17) is 0 Å². The van der Waals surface area contributed by atoms with Gasteiger partial charge < -0.3 is 10.3 Å². The fourth-order valence-corrected chi connectivity index (χ4v) is 3.77. The van der Waals surface area contributed by atoms with Crippen LogP contribution in [0.2, 0.25) is 0 Å². The molecule has 10 heteroatoms. The average molecular weight is 388 g/mol. The van der Waals surface area contributed by atoms with E-state index >= 15 is 0 Å². The highest BCUT2D eigenvalue weighted by atomic mass is 32.2. The number of carbonyl (C=O) groups is 1. The molecule has 26 heavy (non-hydrogen) atoms. The highest BCUT2D eigenvalue weighted by molar-refractivity contribution is 7.91. The van der Waals surface area contributed by atoms with Crippen molar-refractivity contribution in [3.05, 3.63) is 58.0 Å². The minimum Gasteiger partial charge on any atom is -0.327 e. The van der Waals surface area contributed by atoms with E-state index < -0.39 is 38.7 Å². The molecule has 0 unspecified atom stereocenters. The standard InChI is InChI=1S/C16H15F3N2O4S/c1-2-7-26(24,25)13-6-4-3-5-11(13)14(22)21-12-8-10(16(17,18)19)9-20-15(12)23/h3-6,8-9H,2,7H2,1H3,(H,20,23)(H,21,22). The third-order valence-corrected chi connectivity index (χ3v) is 5.39. The Kier molecular flexibility index (Phi) is 5.55. The topological polar surface area (TPSA) is 96.1 Å². The second-order valence-electron chi connectivity index (χ2n) is 5.40. The summed E-state index contributed by atoms with van der Waals surface area (Å²) >= 11 is 0. The zero-order chi connectivity index (χ0) is 19.5. The Morgan fingerprint density at radius 2 is 1.88 bits per heavy atom. The summed E-state index contributed by atoms with van der Waals surface area (Å²) in [4.78, 5) is 25.7. The van der Waals surface area contributed by atoms with E-state index in [-0.39, 0.29) is 16.2 Å². The van der Waals surface area contributed by atoms with Gasteiger partial charge in [-0.3, -0.25) is 9.59 Å². The lowest BCUT2D eigenvalue weighted by Gasteiger charge is -2.11. The van der Waals surface area contributed by atoms with Crippen molar-refractivity contribution in [2.24, 2.45) is 0 Å². The molecule has 140 valence electrons. The summed E-state index contributed by atoms with van der Waals surface area (Å²) in [6.07, 6.45) is -3.91. The van der Waals surface area contributed by atoms with Crippen LogP contribution >= 0.6 is 0 Å². The maximum atomic E-state index is 12.8. The van der Waals surface area contributed by atoms with Gasteiger partial charge in [0.15, 0.2) is 9.84 Å². The van der Waals surface area contributed by atoms with Crippen molar-refractivity contribution < 1.29 is 26.4 Å². The normalized spacial score (nSPS) is 12.0. The number of anilines is 1. The molecule has 1 heterocycles. The van der Waals surface area contributed by atoms with Crippen molar-refractivity contribution >= 4 is 21.4 Å². The van der Waals surface area contributed by atoms with Gasteiger partial charge in [0.1, 0.15) is 5.69 Å². The molecule has 0 bridgehead atoms. The fraction of sp³-hybridized carbons (Fsp3) is 0.250. The summed E-state index contributed by atoms with van der Waals surface area (Å²) in [6, 6.07) is 5.78. The molecule has 1 aromatic carbocycles. The summed E-state index contributed by atoms with van der Waals surface area (Å²) < 4.78 is 62.8. The predicted octanol–water partition coefficient (Wildman–Crippen LogP) is 2.83. The van der Waals surface area contributed by atoms with Gasteiger partial charge in [0, 0.05) is 6.20 Å². The number of sulfone groups is 1. The van der Waals surface area contributed by atoms with Gasteiger partial charge in [0.2, 0.25) is 0 Å². The first-order chi connectivity index (χ1) is 12.1. The van der Waals surface area contributed by atoms with Crippen LogP contribution in [0.1, 0.15) is 29.3 Å². The number of amides is 1. The van der Waals surface area contributed by atoms with Crippen LogP contribution in [-0.2, 0) is 16.0 Å². The molecule has 1 amide bonds. The molecular weight excluding hydrogens is 373 g/mol. The van der Waals surface area contributed by atoms with Crippen LogP contribution in [0.15, 0.2) is 46.2 Å². The van der Waals surface area contributed by atoms with Gasteiger partial charge in [-0.2, -0.15) is 13.2 Å². The average Bonchev–Trinajstić information content (AvgIpc) is 2.55. The molecule has 0 spiro atoms. The molecular formula is C16H15F3N2O4S. The van der Waals surface area contributed by atoms with Gasteiger partial charge in [0.05, 0.1) is 21.8 Å². The summed E-state index contributed by atoms with van der Waals surface area (Å²) in [5, 5.41) is 2.05. The van der Waals surface area contributed by atoms with Gasteiger partial charge in [-0.05, 0) is 24.6 Å². The Balaban J connectivity index is 2.43. The van der Waals surface area contributed by atoms with E-state index in [1.807, 2.05) is 10.3 Å². The SMILES string of the molecule is CCCS(=O)(=O)c1ccccc1C(=O)Nc1cc(C(F)(F)F)c[nH]c1=O. The summed E-state index contributed by atoms with van der Waals surface area (Å²) in [5.74, 6) is -1.19. The first kappa shape index (κ1) is 19.7. The van der Waals surface area contributed by atoms with Gasteiger partial charge in [-0.15, -0.1) is 0 Å². The lowest BCUT2D eigenvalue weighted by atomic mass is 10.2. The summed E-state index contributed by atoms with van der Waals surface area (Å²) in [6.45, 7) is 1.66. The van der Waals surface area contributed by atoms with Crippen LogP contribution in [-0.4, -0.2) is 25.1 Å². The molecule has 6 nitrogen and oxygen atoms in total. The Morgan fingerprint density at radius 1 is 1.23 bits per heavy atom. The molecule has 0 saturated heterocycles. The van der Waals surface area contributed by atoms with Gasteiger partial charge in [0.25, 0.3) is 11.5 Å². The lowest BCUT2D eigenvalue weighted by Crippen LogP contribution is -2.23. The number of hydrogen-bond acceptors (Lipinski definition) is 4. The number of halogens is 3. The van der Waals surface area contributed by atoms with E-state index in [2.05, 4.69) is 0 Å². The zero-order valence-electron chi connectivity index (χ0n) is 13.6. The number of benzene rings is 1. The zero-order valence-corrected chi connectivity index (χ0v) is 14.4. The van der Waals surface area contributed by atoms with Crippen molar-refractivity contribution in [3.63, 3.8) is 0 Å². The van der Waals surface area contributed by atoms with E-state index in [1.165, 1.54) is 24.3 Å². The van der Waals surface area contributed by atoms with Crippen LogP contribution in [0.4, 0.5) is 18.9 Å². The van der Waals surface area contributed by atoms with Crippen LogP contribution in [0.5, 0.6) is 0 Å². The summed E-state index contributed by atoms with van der Waals surface area (Å²) in [7, 11) is -3.75. The predicted molar refractivity (Wildman–Crippen MR) is 88.8 cm³/mol. The molecule has 0 saturated carbocycles. The van der Waals surface area contributed by atoms with E-state index in [1.54, 1.807) is 6.92 Å². The van der Waals surface area contributed by atoms with E-state index in [0.717, 1.165) is 0 Å². The highest BCUT2D eigenvalue weighted by Gasteiger charge is 2.31. The molecule has 0 aliphatic carbocycles. The minimum atomic E-state index is -4.72. The smallest absolute Gasteiger partial charge is 0.327 e. The van der Waals surface area contributed by atoms with Crippen LogP contribution in [0.3, 0.4) is 0 Å². The largest absolute Gasteiger partial charge is 0.417 e. The number of nitrogens with one attached hydrogen (secondary N) is 2. The molecule has 0 aliphatic heterocycles. The third kappa shape index (κ3) is 4.31. The van der Waals surface area contributed by atoms with Crippen molar-refractivity contribution in [2.75, 3.05) is 11.1 Å². The van der Waals surface area contributed by atoms with Crippen molar-refractivity contribution in [2.45, 2.75) is 24.4 Å². The third-order valence-electron chi connectivity index (χ3n) is 3.42. The first-order valence-electron chi connectivity index (χ1n) is 7.49. The Hall–Kier alpha value is -2.62. The number of pyridine rings is 1. The molecule has 0 fully saturated rings. The summed E-state index contributed by atoms with van der Waals surface area (Å²) in [5.41, 5.74) is -2.98. The van der Waals surface area contributed by atoms with Crippen LogP contribution < -0.4 is 10.9 Å². The molecule has 0 aliphatic rings. The molecule has 2 rings (SSSR count). The monoisotopic (exact) mass is 388 g/mol. The molecule has 2 aromatic rings. The second-order valence-corrected chi connectivity index (χ2v) is 7.48. The van der Waals surface area contributed by atoms with Gasteiger partial charge in [-0.25, -0.2) is 8.42 Å². The number of hydrogen-bond donors (Lipinski definition) is 2. The maximum absolute atomic E-state index is 12.8. The Bertz CT molecular complexity index is 981. The quantitative estimate of drug-likeness (QED) is 0.823. The fourth-order valence-electron chi connectivity index (χ4n) is 2.23. The lowest BCUT2D eigenvalue weighted by molar-refractivity contribution is -0.137. The van der Waals surface area contributed by atoms with Crippen LogP contribution in [0.25, 0.3) is 0 Å². The number of aromatic nitrogens is 1. The second kappa shape index (κ2) is 7.32. The Labute approximate surface area is 147 Å². The van der Waals surface area contributed by atoms with Crippen LogP contribution in [0, 0.1) is 0 Å². The number of H-pyrrole nitrogens is 1. The van der Waals surface area contributed by atoms with Crippen molar-refractivity contribution in [1.29, 1.82) is 0 Å². The van der Waals surface area contributed by atoms with E-state index in [0.29, 0.717) is 18.7 Å². The highest BCUT2D eigenvalue weighted by Crippen LogP contribution is 2.29. The number of rotatable bonds is 5. The van der Waals surface area contributed by atoms with Gasteiger partial charge in [-0.1, -0.05) is 19.1 Å². The van der Waals surface area contributed by atoms with Crippen molar-refractivity contribution in [3.8, 4) is 0 Å². The molecule has 2 N–H and O–H groups in total. The number of alkyl halides is 3. The number of carbonyl (C=O) groups excluding carboxylic acids is 1. The van der Waals surface area contributed by atoms with E-state index in [9.17, 15) is 31.2 Å². The minimum absolute atomic E-state index is 0.193. The molecule has 0 radical (unpaired) electrons. The Morgan fingerprint density at radius 3 is 2.50 bits per heavy atom. The number of aromatic amines is 1. The molecule has 1 aromatic heterocycles. The first-order valence-corrected chi connectivity index (χ1v) is 9.14. The van der Waals surface area contributed by atoms with Gasteiger partial charge >= 0.3 is 6.18 Å².